The summed E-state index contributed by atoms with van der Waals surface area (Å²) in [6.07, 6.45) is 20.0. The summed E-state index contributed by atoms with van der Waals surface area (Å²) >= 11 is 0. The van der Waals surface area contributed by atoms with Crippen molar-refractivity contribution in [3.05, 3.63) is 0 Å². The van der Waals surface area contributed by atoms with Gasteiger partial charge in [-0.25, -0.2) is 0 Å². The molecule has 11 nitrogen and oxygen atoms in total. The van der Waals surface area contributed by atoms with Gasteiger partial charge in [0, 0.05) is 28.8 Å². The minimum Gasteiger partial charge on any atom is -0.421 e. The zero-order valence-corrected chi connectivity index (χ0v) is 28.2. The fraction of sp³-hybridized carbons (Fsp3) is 1.00. The van der Waals surface area contributed by atoms with Crippen LogP contribution in [0.2, 0.25) is 0 Å². The SMILES string of the molecule is O=[S-](=O)OC1CCCC2C3NC4NC(NC5NC(NC6NC(NC(N3)C12)C1CCCCC61)C1CCCCC51)C1CCCCC41.[Co]. The maximum atomic E-state index is 11.8. The van der Waals surface area contributed by atoms with Gasteiger partial charge in [0.05, 0.1) is 60.3 Å². The third kappa shape index (κ3) is 5.90. The molecule has 9 aliphatic rings. The topological polar surface area (TPSA) is 140 Å². The Morgan fingerprint density at radius 2 is 0.667 bits per heavy atom. The fourth-order valence-electron chi connectivity index (χ4n) is 12.2. The van der Waals surface area contributed by atoms with Crippen LogP contribution in [0.15, 0.2) is 0 Å². The molecule has 4 saturated carbocycles. The molecule has 9 fully saturated rings. The Kier molecular flexibility index (Phi) is 9.64. The zero-order chi connectivity index (χ0) is 29.4. The van der Waals surface area contributed by atoms with E-state index in [4.69, 9.17) is 4.18 Å². The zero-order valence-electron chi connectivity index (χ0n) is 26.4. The monoisotopic (exact) mass is 690 g/mol. The van der Waals surface area contributed by atoms with Gasteiger partial charge in [-0.3, -0.25) is 42.5 Å². The predicted molar refractivity (Wildman–Crippen MR) is 166 cm³/mol. The molecule has 5 saturated heterocycles. The molecule has 5 aliphatic heterocycles. The summed E-state index contributed by atoms with van der Waals surface area (Å²) in [4.78, 5) is 0. The van der Waals surface area contributed by atoms with E-state index in [1.165, 1.54) is 77.0 Å². The molecule has 0 aromatic carbocycles. The van der Waals surface area contributed by atoms with E-state index < -0.39 is 11.0 Å². The molecule has 13 heteroatoms. The molecule has 4 aliphatic carbocycles. The molecule has 9 rings (SSSR count). The second-order valence-electron chi connectivity index (χ2n) is 16.0. The average Bonchev–Trinajstić information content (AvgIpc) is 3.77. The Morgan fingerprint density at radius 1 is 0.378 bits per heavy atom. The van der Waals surface area contributed by atoms with E-state index in [0.717, 1.165) is 19.3 Å². The molecule has 0 aromatic heterocycles. The van der Waals surface area contributed by atoms with E-state index in [9.17, 15) is 8.42 Å². The first kappa shape index (κ1) is 32.3. The summed E-state index contributed by atoms with van der Waals surface area (Å²) in [5.74, 6) is 4.16. The van der Waals surface area contributed by atoms with Crippen molar-refractivity contribution in [2.45, 2.75) is 152 Å². The quantitative estimate of drug-likeness (QED) is 0.202. The van der Waals surface area contributed by atoms with Crippen molar-refractivity contribution in [3.8, 4) is 0 Å². The number of hydrogen-bond acceptors (Lipinski definition) is 12. The van der Waals surface area contributed by atoms with Crippen molar-refractivity contribution in [2.75, 3.05) is 0 Å². The van der Waals surface area contributed by atoms with Gasteiger partial charge in [0.1, 0.15) is 0 Å². The first-order valence-electron chi connectivity index (χ1n) is 18.5. The first-order valence-corrected chi connectivity index (χ1v) is 19.5. The van der Waals surface area contributed by atoms with E-state index >= 15 is 0 Å². The largest absolute Gasteiger partial charge is 0.421 e. The molecule has 17 atom stereocenters. The van der Waals surface area contributed by atoms with Gasteiger partial charge in [-0.05, 0) is 92.8 Å². The fourth-order valence-corrected chi connectivity index (χ4v) is 12.6. The molecular formula is C32H55CoN8O3S-. The van der Waals surface area contributed by atoms with Crippen LogP contribution in [0.4, 0.5) is 0 Å². The maximum absolute atomic E-state index is 11.8. The van der Waals surface area contributed by atoms with Crippen molar-refractivity contribution >= 4 is 11.0 Å². The second kappa shape index (κ2) is 13.4. The molecule has 8 N–H and O–H groups in total. The maximum Gasteiger partial charge on any atom is 0.0653 e. The van der Waals surface area contributed by atoms with Crippen LogP contribution in [-0.2, 0) is 40.4 Å². The van der Waals surface area contributed by atoms with Crippen molar-refractivity contribution < 1.29 is 29.4 Å². The van der Waals surface area contributed by atoms with Crippen LogP contribution in [0.25, 0.3) is 0 Å². The molecule has 0 aromatic rings. The smallest absolute Gasteiger partial charge is 0.0653 e. The van der Waals surface area contributed by atoms with Gasteiger partial charge < -0.3 is 12.6 Å². The summed E-state index contributed by atoms with van der Waals surface area (Å²) in [6, 6.07) is 0. The number of rotatable bonds is 2. The third-order valence-electron chi connectivity index (χ3n) is 14.0. The molecule has 8 bridgehead atoms. The Bertz CT molecular complexity index is 1130. The average molecular weight is 691 g/mol. The van der Waals surface area contributed by atoms with Crippen LogP contribution in [0, 0.1) is 47.3 Å². The van der Waals surface area contributed by atoms with Crippen LogP contribution in [-0.4, -0.2) is 55.4 Å². The van der Waals surface area contributed by atoms with Crippen LogP contribution >= 0.6 is 0 Å². The molecule has 45 heavy (non-hydrogen) atoms. The van der Waals surface area contributed by atoms with Crippen molar-refractivity contribution in [1.29, 1.82) is 0 Å². The number of fused-ring (bicyclic) bond motifs is 20. The van der Waals surface area contributed by atoms with Crippen molar-refractivity contribution in [3.63, 3.8) is 0 Å². The van der Waals surface area contributed by atoms with Crippen LogP contribution < -0.4 is 42.5 Å². The first-order chi connectivity index (χ1) is 21.6. The summed E-state index contributed by atoms with van der Waals surface area (Å²) < 4.78 is 29.3. The number of nitrogens with one attached hydrogen (secondary N) is 8. The van der Waals surface area contributed by atoms with Crippen LogP contribution in [0.3, 0.4) is 0 Å². The predicted octanol–water partition coefficient (Wildman–Crippen LogP) is 1.82. The number of hydrogen-bond donors (Lipinski definition) is 8. The minimum absolute atomic E-state index is 0. The van der Waals surface area contributed by atoms with E-state index in [2.05, 4.69) is 42.5 Å². The van der Waals surface area contributed by atoms with Gasteiger partial charge in [0.2, 0.25) is 0 Å². The molecule has 17 unspecified atom stereocenters. The molecule has 1 radical (unpaired) electrons. The van der Waals surface area contributed by atoms with Crippen molar-refractivity contribution in [2.24, 2.45) is 47.3 Å². The van der Waals surface area contributed by atoms with E-state index in [1.807, 2.05) is 0 Å². The Balaban J connectivity index is 0.00000300. The minimum atomic E-state index is -2.51. The van der Waals surface area contributed by atoms with Gasteiger partial charge in [0.15, 0.2) is 0 Å². The summed E-state index contributed by atoms with van der Waals surface area (Å²) in [7, 11) is -2.51. The normalized spacial score (nSPS) is 54.0. The van der Waals surface area contributed by atoms with Crippen molar-refractivity contribution in [1.82, 2.24) is 42.5 Å². The summed E-state index contributed by atoms with van der Waals surface area (Å²) in [5.41, 5.74) is 0. The standard InChI is InChI=1S/C32H55N8O3S.Co/c41-44(42)43-23-15-7-14-22-24(23)32-39-30-21-13-6-5-12-20(21)28(37-30)35-26-17-9-2-1-8-16(17)25(33-26)34-27-18-10-3-4-11-19(18)29(36-27)38-31(22)40-32;/h16-40H,1-15H2;/q-1;. The van der Waals surface area contributed by atoms with E-state index in [-0.39, 0.29) is 59.6 Å². The summed E-state index contributed by atoms with van der Waals surface area (Å²) in [5, 5.41) is 32.9. The molecule has 0 spiro atoms. The molecule has 0 amide bonds. The van der Waals surface area contributed by atoms with Gasteiger partial charge >= 0.3 is 0 Å². The third-order valence-corrected chi connectivity index (χ3v) is 14.4. The molecule has 257 valence electrons. The van der Waals surface area contributed by atoms with Gasteiger partial charge in [-0.15, -0.1) is 0 Å². The summed E-state index contributed by atoms with van der Waals surface area (Å²) in [6.45, 7) is 0. The Morgan fingerprint density at radius 3 is 1.00 bits per heavy atom. The Hall–Kier alpha value is 0.0965. The van der Waals surface area contributed by atoms with Gasteiger partial charge in [0.25, 0.3) is 0 Å². The molecular weight excluding hydrogens is 635 g/mol. The second-order valence-corrected chi connectivity index (χ2v) is 16.6. The van der Waals surface area contributed by atoms with Crippen LogP contribution in [0.5, 0.6) is 0 Å². The van der Waals surface area contributed by atoms with E-state index in [1.54, 1.807) is 0 Å². The van der Waals surface area contributed by atoms with Gasteiger partial charge in [-0.1, -0.05) is 44.9 Å². The van der Waals surface area contributed by atoms with E-state index in [0.29, 0.717) is 59.9 Å². The van der Waals surface area contributed by atoms with Crippen LogP contribution in [0.1, 0.15) is 96.3 Å². The Labute approximate surface area is 281 Å². The van der Waals surface area contributed by atoms with Gasteiger partial charge in [-0.2, -0.15) is 0 Å². The molecule has 5 heterocycles.